The van der Waals surface area contributed by atoms with E-state index < -0.39 is 60.2 Å². The van der Waals surface area contributed by atoms with E-state index in [0.717, 1.165) is 24.8 Å². The highest BCUT2D eigenvalue weighted by Gasteiger charge is 2.49. The molecule has 1 aliphatic rings. The molecule has 2 rings (SSSR count). The van der Waals surface area contributed by atoms with E-state index >= 15 is 0 Å². The largest absolute Gasteiger partial charge is 0.394 e. The van der Waals surface area contributed by atoms with Crippen LogP contribution in [0, 0.1) is 6.92 Å². The van der Waals surface area contributed by atoms with Crippen molar-refractivity contribution in [2.24, 2.45) is 0 Å². The zero-order chi connectivity index (χ0) is 19.7. The van der Waals surface area contributed by atoms with Gasteiger partial charge < -0.3 is 24.8 Å². The monoisotopic (exact) mass is 412 g/mol. The highest BCUT2D eigenvalue weighted by molar-refractivity contribution is 8.65. The maximum Gasteiger partial charge on any atom is 0.380 e. The Morgan fingerprint density at radius 2 is 1.65 bits per heavy atom. The summed E-state index contributed by atoms with van der Waals surface area (Å²) < 4.78 is 63.9. The van der Waals surface area contributed by atoms with Crippen molar-refractivity contribution in [1.29, 1.82) is 0 Å². The second-order valence-electron chi connectivity index (χ2n) is 5.68. The van der Waals surface area contributed by atoms with E-state index in [-0.39, 0.29) is 0 Å². The smallest absolute Gasteiger partial charge is 0.380 e. The molecular formula is C14H20O10S2. The first kappa shape index (κ1) is 21.2. The molecule has 0 radical (unpaired) electrons. The first-order chi connectivity index (χ1) is 12.0. The van der Waals surface area contributed by atoms with Crippen molar-refractivity contribution in [3.63, 3.8) is 0 Å². The molecule has 0 aliphatic carbocycles. The Kier molecular flexibility index (Phi) is 6.40. The zero-order valence-corrected chi connectivity index (χ0v) is 15.6. The number of aryl methyl sites for hydroxylation is 1. The summed E-state index contributed by atoms with van der Waals surface area (Å²) in [5.74, 6) is 0. The molecule has 3 N–H and O–H groups in total. The number of ether oxygens (including phenoxy) is 2. The average Bonchev–Trinajstić information content (AvgIpc) is 2.59. The SMILES string of the molecule is CO[C@H]1O[C@H](CO)[C@@H](O)[C@H](O)[C@H]1OS(=O)(=O)S(=O)(=O)c1ccc(C)cc1. The molecule has 0 spiro atoms. The standard InChI is InChI=1S/C14H20O10S2/c1-8-3-5-9(6-4-8)25(18,19)26(20,21)24-13-12(17)11(16)10(7-15)23-14(13)22-2/h3-6,10-17H,7H2,1-2H3/t10-,11-,12+,13-,14+/m1/s1. The third-order valence-electron chi connectivity index (χ3n) is 3.86. The molecule has 1 saturated heterocycles. The van der Waals surface area contributed by atoms with Crippen LogP contribution in [-0.4, -0.2) is 76.6 Å². The molecule has 0 aromatic heterocycles. The van der Waals surface area contributed by atoms with Crippen LogP contribution in [0.15, 0.2) is 29.2 Å². The van der Waals surface area contributed by atoms with Crippen LogP contribution in [0.5, 0.6) is 0 Å². The highest BCUT2D eigenvalue weighted by Crippen LogP contribution is 2.28. The van der Waals surface area contributed by atoms with Gasteiger partial charge in [0.1, 0.15) is 18.3 Å². The maximum absolute atomic E-state index is 12.4. The Morgan fingerprint density at radius 3 is 2.15 bits per heavy atom. The van der Waals surface area contributed by atoms with Crippen molar-refractivity contribution in [3.8, 4) is 0 Å². The van der Waals surface area contributed by atoms with Crippen molar-refractivity contribution < 1.29 is 45.8 Å². The van der Waals surface area contributed by atoms with Gasteiger partial charge in [-0.3, -0.25) is 0 Å². The molecule has 5 atom stereocenters. The van der Waals surface area contributed by atoms with Crippen LogP contribution in [-0.2, 0) is 31.7 Å². The summed E-state index contributed by atoms with van der Waals surface area (Å²) in [6, 6.07) is 5.02. The van der Waals surface area contributed by atoms with Gasteiger partial charge in [0.15, 0.2) is 12.4 Å². The number of hydrogen-bond acceptors (Lipinski definition) is 10. The molecule has 148 valence electrons. The molecule has 0 amide bonds. The Labute approximate surface area is 150 Å². The van der Waals surface area contributed by atoms with Crippen molar-refractivity contribution in [3.05, 3.63) is 29.8 Å². The molecule has 12 heteroatoms. The third kappa shape index (κ3) is 3.92. The number of aliphatic hydroxyl groups excluding tert-OH is 3. The topological polar surface area (TPSA) is 157 Å². The number of methoxy groups -OCH3 is 1. The van der Waals surface area contributed by atoms with Gasteiger partial charge in [-0.25, -0.2) is 12.6 Å². The molecule has 1 aromatic carbocycles. The van der Waals surface area contributed by atoms with E-state index in [1.807, 2.05) is 0 Å². The van der Waals surface area contributed by atoms with Crippen LogP contribution in [0.1, 0.15) is 5.56 Å². The summed E-state index contributed by atoms with van der Waals surface area (Å²) in [4.78, 5) is -0.517. The lowest BCUT2D eigenvalue weighted by Gasteiger charge is -2.40. The van der Waals surface area contributed by atoms with Gasteiger partial charge in [0.2, 0.25) is 0 Å². The summed E-state index contributed by atoms with van der Waals surface area (Å²) in [5, 5.41) is 29.0. The second kappa shape index (κ2) is 7.86. The lowest BCUT2D eigenvalue weighted by Crippen LogP contribution is -2.60. The van der Waals surface area contributed by atoms with Crippen molar-refractivity contribution in [2.45, 2.75) is 42.5 Å². The molecule has 0 unspecified atom stereocenters. The quantitative estimate of drug-likeness (QED) is 0.469. The summed E-state index contributed by atoms with van der Waals surface area (Å²) in [6.07, 6.45) is -8.25. The number of rotatable bonds is 6. The Balaban J connectivity index is 2.33. The molecule has 26 heavy (non-hydrogen) atoms. The number of benzene rings is 1. The Morgan fingerprint density at radius 1 is 1.08 bits per heavy atom. The van der Waals surface area contributed by atoms with Gasteiger partial charge in [-0.05, 0) is 19.1 Å². The Hall–Kier alpha value is -1.12. The van der Waals surface area contributed by atoms with Crippen LogP contribution in [0.25, 0.3) is 0 Å². The van der Waals surface area contributed by atoms with Crippen molar-refractivity contribution in [2.75, 3.05) is 13.7 Å². The van der Waals surface area contributed by atoms with Gasteiger partial charge in [0.05, 0.1) is 11.5 Å². The Bertz CT molecular complexity index is 816. The molecular weight excluding hydrogens is 392 g/mol. The lowest BCUT2D eigenvalue weighted by atomic mass is 9.99. The summed E-state index contributed by atoms with van der Waals surface area (Å²) in [7, 11) is -9.12. The minimum Gasteiger partial charge on any atom is -0.394 e. The van der Waals surface area contributed by atoms with Crippen LogP contribution in [0.4, 0.5) is 0 Å². The highest BCUT2D eigenvalue weighted by atomic mass is 33.2. The van der Waals surface area contributed by atoms with Gasteiger partial charge >= 0.3 is 18.0 Å². The fraction of sp³-hybridized carbons (Fsp3) is 0.571. The first-order valence-corrected chi connectivity index (χ1v) is 10.9. The maximum atomic E-state index is 12.4. The van der Waals surface area contributed by atoms with Crippen LogP contribution < -0.4 is 0 Å². The van der Waals surface area contributed by atoms with E-state index in [4.69, 9.17) is 14.6 Å². The normalized spacial score (nSPS) is 30.3. The predicted molar refractivity (Wildman–Crippen MR) is 86.9 cm³/mol. The predicted octanol–water partition coefficient (Wildman–Crippen LogP) is -1.52. The van der Waals surface area contributed by atoms with E-state index in [1.165, 1.54) is 12.1 Å². The summed E-state index contributed by atoms with van der Waals surface area (Å²) in [6.45, 7) is 1.01. The van der Waals surface area contributed by atoms with Gasteiger partial charge in [-0.15, -0.1) is 0 Å². The van der Waals surface area contributed by atoms with Crippen LogP contribution in [0.2, 0.25) is 0 Å². The van der Waals surface area contributed by atoms with E-state index in [9.17, 15) is 27.0 Å². The van der Waals surface area contributed by atoms with E-state index in [0.29, 0.717) is 0 Å². The van der Waals surface area contributed by atoms with Gasteiger partial charge in [-0.1, -0.05) is 17.7 Å². The lowest BCUT2D eigenvalue weighted by molar-refractivity contribution is -0.287. The van der Waals surface area contributed by atoms with Crippen LogP contribution >= 0.6 is 0 Å². The fourth-order valence-corrected chi connectivity index (χ4v) is 5.27. The van der Waals surface area contributed by atoms with Gasteiger partial charge in [0, 0.05) is 7.11 Å². The molecule has 1 heterocycles. The minimum absolute atomic E-state index is 0.517. The zero-order valence-electron chi connectivity index (χ0n) is 13.9. The van der Waals surface area contributed by atoms with E-state index in [2.05, 4.69) is 4.18 Å². The molecule has 0 saturated carbocycles. The average molecular weight is 412 g/mol. The molecule has 0 bridgehead atoms. The van der Waals surface area contributed by atoms with Crippen molar-refractivity contribution >= 4 is 18.0 Å². The molecule has 1 aromatic rings. The minimum atomic E-state index is -5.27. The molecule has 1 fully saturated rings. The first-order valence-electron chi connectivity index (χ1n) is 7.45. The summed E-state index contributed by atoms with van der Waals surface area (Å²) in [5.41, 5.74) is 0.719. The number of aliphatic hydroxyl groups is 3. The van der Waals surface area contributed by atoms with Crippen molar-refractivity contribution in [1.82, 2.24) is 0 Å². The third-order valence-corrected chi connectivity index (χ3v) is 8.13. The van der Waals surface area contributed by atoms with Crippen LogP contribution in [0.3, 0.4) is 0 Å². The van der Waals surface area contributed by atoms with E-state index in [1.54, 1.807) is 6.92 Å². The second-order valence-corrected chi connectivity index (χ2v) is 10.6. The molecule has 1 aliphatic heterocycles. The summed E-state index contributed by atoms with van der Waals surface area (Å²) >= 11 is 0. The fourth-order valence-electron chi connectivity index (χ4n) is 2.36. The van der Waals surface area contributed by atoms with Gasteiger partial charge in [-0.2, -0.15) is 8.42 Å². The van der Waals surface area contributed by atoms with Gasteiger partial charge in [0.25, 0.3) is 0 Å². The molecule has 10 nitrogen and oxygen atoms in total. The number of hydrogen-bond donors (Lipinski definition) is 3.